The fraction of sp³-hybridized carbons (Fsp3) is 0. The minimum atomic E-state index is 0.549. The van der Waals surface area contributed by atoms with Crippen LogP contribution in [0.1, 0.15) is 0 Å². The first kappa shape index (κ1) is 35.2. The molecule has 6 nitrogen and oxygen atoms in total. The molecule has 0 aliphatic heterocycles. The van der Waals surface area contributed by atoms with Crippen LogP contribution in [0.25, 0.3) is 133 Å². The van der Waals surface area contributed by atoms with Crippen LogP contribution in [0.2, 0.25) is 0 Å². The van der Waals surface area contributed by atoms with Gasteiger partial charge in [0.2, 0.25) is 0 Å². The van der Waals surface area contributed by atoms with Crippen LogP contribution in [0.3, 0.4) is 0 Å². The van der Waals surface area contributed by atoms with Crippen molar-refractivity contribution in [2.75, 3.05) is 0 Å². The Hall–Kier alpha value is -8.61. The molecule has 0 amide bonds. The predicted octanol–water partition coefficient (Wildman–Crippen LogP) is 15.6. The lowest BCUT2D eigenvalue weighted by molar-refractivity contribution is 0.668. The molecule has 294 valence electrons. The maximum atomic E-state index is 6.63. The second kappa shape index (κ2) is 14.0. The van der Waals surface area contributed by atoms with Gasteiger partial charge < -0.3 is 13.3 Å². The van der Waals surface area contributed by atoms with Crippen molar-refractivity contribution in [3.8, 4) is 67.5 Å². The fourth-order valence-electron chi connectivity index (χ4n) is 9.12. The Labute approximate surface area is 360 Å². The second-order valence-electron chi connectivity index (χ2n) is 15.9. The summed E-state index contributed by atoms with van der Waals surface area (Å²) >= 11 is 0. The smallest absolute Gasteiger partial charge is 0.164 e. The van der Waals surface area contributed by atoms with Crippen LogP contribution in [0.4, 0.5) is 0 Å². The summed E-state index contributed by atoms with van der Waals surface area (Å²) < 4.78 is 19.4. The molecule has 0 bridgehead atoms. The van der Waals surface area contributed by atoms with Crippen LogP contribution in [-0.2, 0) is 0 Å². The predicted molar refractivity (Wildman–Crippen MR) is 254 cm³/mol. The summed E-state index contributed by atoms with van der Waals surface area (Å²) in [4.78, 5) is 15.5. The molecule has 6 heteroatoms. The number of rotatable bonds is 6. The highest BCUT2D eigenvalue weighted by Crippen LogP contribution is 2.41. The van der Waals surface area contributed by atoms with E-state index in [1.165, 1.54) is 0 Å². The van der Waals surface area contributed by atoms with E-state index in [2.05, 4.69) is 146 Å². The quantitative estimate of drug-likeness (QED) is 0.166. The zero-order chi connectivity index (χ0) is 41.4. The number of furan rings is 3. The number of para-hydroxylation sites is 1. The largest absolute Gasteiger partial charge is 0.456 e. The highest BCUT2D eigenvalue weighted by atomic mass is 16.3. The summed E-state index contributed by atoms with van der Waals surface area (Å²) in [7, 11) is 0. The van der Waals surface area contributed by atoms with Crippen molar-refractivity contribution >= 4 is 65.8 Å². The molecular formula is C57H33N3O3. The third-order valence-electron chi connectivity index (χ3n) is 12.2. The number of aromatic nitrogens is 3. The number of hydrogen-bond donors (Lipinski definition) is 0. The van der Waals surface area contributed by atoms with E-state index in [4.69, 9.17) is 28.2 Å². The molecule has 4 aromatic heterocycles. The van der Waals surface area contributed by atoms with Crippen molar-refractivity contribution in [1.82, 2.24) is 15.0 Å². The highest BCUT2D eigenvalue weighted by Gasteiger charge is 2.20. The molecule has 0 saturated heterocycles. The van der Waals surface area contributed by atoms with Gasteiger partial charge in [0.1, 0.15) is 33.5 Å². The van der Waals surface area contributed by atoms with Gasteiger partial charge in [0.25, 0.3) is 0 Å². The van der Waals surface area contributed by atoms with Gasteiger partial charge in [0, 0.05) is 49.0 Å². The van der Waals surface area contributed by atoms with Crippen molar-refractivity contribution in [3.05, 3.63) is 200 Å². The van der Waals surface area contributed by atoms with Gasteiger partial charge in [-0.2, -0.15) is 0 Å². The summed E-state index contributed by atoms with van der Waals surface area (Å²) in [5.74, 6) is 1.67. The molecule has 13 rings (SSSR count). The van der Waals surface area contributed by atoms with Gasteiger partial charge in [-0.25, -0.2) is 15.0 Å². The average Bonchev–Trinajstić information content (AvgIpc) is 4.05. The van der Waals surface area contributed by atoms with E-state index in [9.17, 15) is 0 Å². The molecule has 0 atom stereocenters. The standard InChI is InChI=1S/C57H33N3O3/c1-3-11-34(12-4-1)35-21-23-37(24-22-35)55-58-56(40-27-28-43-42-15-7-8-18-47(42)61-50(43)33-40)60-57(59-55)46-17-10-20-49-54(46)45-30-26-39(32-52(45)63-49)38-25-29-44-51(31-38)62-48-19-9-16-41(53(44)48)36-13-5-2-6-14-36/h1-33H. The van der Waals surface area contributed by atoms with E-state index in [-0.39, 0.29) is 0 Å². The highest BCUT2D eigenvalue weighted by molar-refractivity contribution is 6.14. The minimum absolute atomic E-state index is 0.549. The lowest BCUT2D eigenvalue weighted by Crippen LogP contribution is -2.00. The molecule has 13 aromatic rings. The van der Waals surface area contributed by atoms with E-state index < -0.39 is 0 Å². The summed E-state index contributed by atoms with van der Waals surface area (Å²) in [6, 6.07) is 68.7. The minimum Gasteiger partial charge on any atom is -0.456 e. The van der Waals surface area contributed by atoms with E-state index >= 15 is 0 Å². The molecule has 0 fully saturated rings. The van der Waals surface area contributed by atoms with Crippen LogP contribution < -0.4 is 0 Å². The molecule has 0 aliphatic carbocycles. The van der Waals surface area contributed by atoms with Gasteiger partial charge in [-0.15, -0.1) is 0 Å². The zero-order valence-electron chi connectivity index (χ0n) is 33.6. The van der Waals surface area contributed by atoms with Crippen molar-refractivity contribution in [3.63, 3.8) is 0 Å². The van der Waals surface area contributed by atoms with Crippen LogP contribution in [0, 0.1) is 0 Å². The Morgan fingerprint density at radius 3 is 1.37 bits per heavy atom. The summed E-state index contributed by atoms with van der Waals surface area (Å²) in [5, 5.41) is 6.24. The van der Waals surface area contributed by atoms with Gasteiger partial charge in [-0.05, 0) is 88.0 Å². The van der Waals surface area contributed by atoms with Gasteiger partial charge in [-0.1, -0.05) is 146 Å². The summed E-state index contributed by atoms with van der Waals surface area (Å²) in [5.41, 5.74) is 14.1. The molecule has 0 saturated carbocycles. The third kappa shape index (κ3) is 5.84. The molecule has 63 heavy (non-hydrogen) atoms. The average molecular weight is 808 g/mol. The lowest BCUT2D eigenvalue weighted by Gasteiger charge is -2.10. The second-order valence-corrected chi connectivity index (χ2v) is 15.9. The van der Waals surface area contributed by atoms with Gasteiger partial charge in [0.15, 0.2) is 17.5 Å². The van der Waals surface area contributed by atoms with E-state index in [1.807, 2.05) is 54.6 Å². The first-order valence-electron chi connectivity index (χ1n) is 21.0. The molecule has 0 unspecified atom stereocenters. The van der Waals surface area contributed by atoms with Gasteiger partial charge >= 0.3 is 0 Å². The lowest BCUT2D eigenvalue weighted by atomic mass is 9.97. The van der Waals surface area contributed by atoms with Crippen LogP contribution in [0.15, 0.2) is 213 Å². The molecule has 4 heterocycles. The van der Waals surface area contributed by atoms with Crippen LogP contribution in [0.5, 0.6) is 0 Å². The Morgan fingerprint density at radius 1 is 0.238 bits per heavy atom. The monoisotopic (exact) mass is 807 g/mol. The van der Waals surface area contributed by atoms with E-state index in [0.29, 0.717) is 17.5 Å². The molecule has 0 radical (unpaired) electrons. The molecule has 9 aromatic carbocycles. The van der Waals surface area contributed by atoms with Crippen molar-refractivity contribution in [2.45, 2.75) is 0 Å². The Balaban J connectivity index is 0.934. The molecule has 0 aliphatic rings. The Bertz CT molecular complexity index is 3900. The Kier molecular flexibility index (Phi) is 7.80. The summed E-state index contributed by atoms with van der Waals surface area (Å²) in [6.45, 7) is 0. The Morgan fingerprint density at radius 2 is 0.667 bits per heavy atom. The normalized spacial score (nSPS) is 11.8. The van der Waals surface area contributed by atoms with Crippen molar-refractivity contribution < 1.29 is 13.3 Å². The number of fused-ring (bicyclic) bond motifs is 9. The van der Waals surface area contributed by atoms with Gasteiger partial charge in [-0.3, -0.25) is 0 Å². The summed E-state index contributed by atoms with van der Waals surface area (Å²) in [6.07, 6.45) is 0. The topological polar surface area (TPSA) is 78.1 Å². The molecular weight excluding hydrogens is 775 g/mol. The number of benzene rings is 9. The third-order valence-corrected chi connectivity index (χ3v) is 12.2. The number of hydrogen-bond acceptors (Lipinski definition) is 6. The van der Waals surface area contributed by atoms with Crippen LogP contribution >= 0.6 is 0 Å². The van der Waals surface area contributed by atoms with E-state index in [1.54, 1.807) is 0 Å². The SMILES string of the molecule is c1ccc(-c2ccc(-c3nc(-c4ccc5c(c4)oc4ccccc45)nc(-c4cccc5oc6cc(-c7ccc8c(c7)oc7cccc(-c9ccccc9)c78)ccc6c45)n3)cc2)cc1. The maximum Gasteiger partial charge on any atom is 0.164 e. The zero-order valence-corrected chi connectivity index (χ0v) is 33.6. The maximum absolute atomic E-state index is 6.63. The van der Waals surface area contributed by atoms with Crippen molar-refractivity contribution in [2.24, 2.45) is 0 Å². The van der Waals surface area contributed by atoms with E-state index in [0.717, 1.165) is 116 Å². The number of nitrogens with zero attached hydrogens (tertiary/aromatic N) is 3. The molecule has 0 spiro atoms. The van der Waals surface area contributed by atoms with Gasteiger partial charge in [0.05, 0.1) is 0 Å². The first-order chi connectivity index (χ1) is 31.2. The fourth-order valence-corrected chi connectivity index (χ4v) is 9.12. The van der Waals surface area contributed by atoms with Crippen molar-refractivity contribution in [1.29, 1.82) is 0 Å². The van der Waals surface area contributed by atoms with Crippen LogP contribution in [-0.4, -0.2) is 15.0 Å². The molecule has 0 N–H and O–H groups in total. The first-order valence-corrected chi connectivity index (χ1v) is 21.0.